The molecule has 0 aliphatic rings. The number of nitrogen functional groups attached to an aromatic ring is 1. The van der Waals surface area contributed by atoms with Crippen molar-refractivity contribution in [1.82, 2.24) is 9.55 Å². The molecular formula is C13H10ClN3OS. The first-order valence-electron chi connectivity index (χ1n) is 5.63. The van der Waals surface area contributed by atoms with Crippen LogP contribution in [0.4, 0.5) is 5.95 Å². The number of fused-ring (bicyclic) bond motifs is 1. The molecule has 0 fully saturated rings. The number of carbonyl (C=O) groups excluding carboxylic acids is 1. The van der Waals surface area contributed by atoms with E-state index in [1.54, 1.807) is 22.8 Å². The zero-order valence-corrected chi connectivity index (χ0v) is 11.4. The van der Waals surface area contributed by atoms with Crippen LogP contribution in [-0.4, -0.2) is 15.3 Å². The van der Waals surface area contributed by atoms with E-state index in [-0.39, 0.29) is 12.3 Å². The average Bonchev–Trinajstić information content (AvgIpc) is 2.98. The van der Waals surface area contributed by atoms with Gasteiger partial charge in [-0.15, -0.1) is 11.3 Å². The zero-order valence-electron chi connectivity index (χ0n) is 9.84. The maximum absolute atomic E-state index is 12.1. The van der Waals surface area contributed by atoms with Crippen molar-refractivity contribution in [2.45, 2.75) is 6.54 Å². The number of carbonyl (C=O) groups is 1. The van der Waals surface area contributed by atoms with E-state index >= 15 is 0 Å². The van der Waals surface area contributed by atoms with Crippen LogP contribution in [0.25, 0.3) is 11.0 Å². The van der Waals surface area contributed by atoms with Gasteiger partial charge in [-0.25, -0.2) is 4.98 Å². The standard InChI is InChI=1S/C13H10ClN3OS/c14-8-3-4-10-9(6-8)16-13(15)17(10)7-11(18)12-2-1-5-19-12/h1-6H,7H2,(H2,15,16). The van der Waals surface area contributed by atoms with Crippen LogP contribution in [0.3, 0.4) is 0 Å². The predicted octanol–water partition coefficient (Wildman–Crippen LogP) is 3.22. The van der Waals surface area contributed by atoms with Crippen molar-refractivity contribution in [2.24, 2.45) is 0 Å². The van der Waals surface area contributed by atoms with Gasteiger partial charge in [0.15, 0.2) is 5.78 Å². The number of Topliss-reactive ketones (excluding diaryl/α,β-unsaturated/α-hetero) is 1. The van der Waals surface area contributed by atoms with Crippen LogP contribution in [-0.2, 0) is 6.54 Å². The molecule has 0 bridgehead atoms. The molecule has 0 aliphatic carbocycles. The maximum Gasteiger partial charge on any atom is 0.201 e. The summed E-state index contributed by atoms with van der Waals surface area (Å²) in [5.41, 5.74) is 7.38. The molecule has 0 saturated carbocycles. The van der Waals surface area contributed by atoms with E-state index in [0.29, 0.717) is 16.5 Å². The number of halogens is 1. The fourth-order valence-corrected chi connectivity index (χ4v) is 2.77. The van der Waals surface area contributed by atoms with Gasteiger partial charge in [-0.05, 0) is 29.6 Å². The molecule has 4 nitrogen and oxygen atoms in total. The molecule has 3 rings (SSSR count). The number of thiophene rings is 1. The van der Waals surface area contributed by atoms with Crippen molar-refractivity contribution >= 4 is 45.7 Å². The maximum atomic E-state index is 12.1. The summed E-state index contributed by atoms with van der Waals surface area (Å²) in [5, 5.41) is 2.48. The number of ketones is 1. The number of anilines is 1. The minimum atomic E-state index is 0.0240. The van der Waals surface area contributed by atoms with Gasteiger partial charge in [0.05, 0.1) is 22.5 Å². The molecule has 2 N–H and O–H groups in total. The predicted molar refractivity (Wildman–Crippen MR) is 77.8 cm³/mol. The number of benzene rings is 1. The molecule has 2 aromatic heterocycles. The van der Waals surface area contributed by atoms with E-state index in [9.17, 15) is 4.79 Å². The molecule has 0 unspecified atom stereocenters. The molecule has 0 aliphatic heterocycles. The molecule has 0 spiro atoms. The fraction of sp³-hybridized carbons (Fsp3) is 0.0769. The Morgan fingerprint density at radius 2 is 2.26 bits per heavy atom. The first kappa shape index (κ1) is 12.2. The Labute approximate surface area is 118 Å². The van der Waals surface area contributed by atoms with E-state index in [2.05, 4.69) is 4.98 Å². The number of hydrogen-bond donors (Lipinski definition) is 1. The van der Waals surface area contributed by atoms with Gasteiger partial charge in [0.1, 0.15) is 0 Å². The first-order valence-corrected chi connectivity index (χ1v) is 6.89. The van der Waals surface area contributed by atoms with Gasteiger partial charge >= 0.3 is 0 Å². The Balaban J connectivity index is 2.01. The van der Waals surface area contributed by atoms with Crippen molar-refractivity contribution in [3.63, 3.8) is 0 Å². The molecule has 0 saturated heterocycles. The van der Waals surface area contributed by atoms with Crippen molar-refractivity contribution in [3.8, 4) is 0 Å². The molecule has 3 aromatic rings. The van der Waals surface area contributed by atoms with Crippen molar-refractivity contribution in [1.29, 1.82) is 0 Å². The van der Waals surface area contributed by atoms with Crippen LogP contribution in [0.15, 0.2) is 35.7 Å². The first-order chi connectivity index (χ1) is 9.15. The van der Waals surface area contributed by atoms with Gasteiger partial charge in [-0.3, -0.25) is 4.79 Å². The minimum absolute atomic E-state index is 0.0240. The average molecular weight is 292 g/mol. The highest BCUT2D eigenvalue weighted by Gasteiger charge is 2.13. The number of aromatic nitrogens is 2. The lowest BCUT2D eigenvalue weighted by atomic mass is 10.3. The monoisotopic (exact) mass is 291 g/mol. The fourth-order valence-electron chi connectivity index (χ4n) is 1.95. The summed E-state index contributed by atoms with van der Waals surface area (Å²) in [6.07, 6.45) is 0. The van der Waals surface area contributed by atoms with Gasteiger partial charge in [0.2, 0.25) is 5.95 Å². The third-order valence-electron chi connectivity index (χ3n) is 2.84. The van der Waals surface area contributed by atoms with E-state index < -0.39 is 0 Å². The summed E-state index contributed by atoms with van der Waals surface area (Å²) < 4.78 is 1.70. The zero-order chi connectivity index (χ0) is 13.4. The van der Waals surface area contributed by atoms with Gasteiger partial charge in [0, 0.05) is 5.02 Å². The molecule has 19 heavy (non-hydrogen) atoms. The highest BCUT2D eigenvalue weighted by molar-refractivity contribution is 7.12. The number of hydrogen-bond acceptors (Lipinski definition) is 4. The van der Waals surface area contributed by atoms with Crippen LogP contribution < -0.4 is 5.73 Å². The molecule has 6 heteroatoms. The van der Waals surface area contributed by atoms with Crippen LogP contribution in [0.1, 0.15) is 9.67 Å². The Morgan fingerprint density at radius 1 is 1.42 bits per heavy atom. The topological polar surface area (TPSA) is 60.9 Å². The lowest BCUT2D eigenvalue weighted by Gasteiger charge is -2.04. The van der Waals surface area contributed by atoms with E-state index in [1.807, 2.05) is 17.5 Å². The van der Waals surface area contributed by atoms with Crippen LogP contribution in [0.5, 0.6) is 0 Å². The Kier molecular flexibility index (Phi) is 3.00. The van der Waals surface area contributed by atoms with Gasteiger partial charge in [0.25, 0.3) is 0 Å². The number of imidazole rings is 1. The van der Waals surface area contributed by atoms with Crippen molar-refractivity contribution in [3.05, 3.63) is 45.6 Å². The van der Waals surface area contributed by atoms with E-state index in [4.69, 9.17) is 17.3 Å². The summed E-state index contributed by atoms with van der Waals surface area (Å²) in [6.45, 7) is 0.185. The van der Waals surface area contributed by atoms with Gasteiger partial charge in [-0.2, -0.15) is 0 Å². The second kappa shape index (κ2) is 4.68. The van der Waals surface area contributed by atoms with Gasteiger partial charge in [-0.1, -0.05) is 17.7 Å². The number of nitrogens with zero attached hydrogens (tertiary/aromatic N) is 2. The molecular weight excluding hydrogens is 282 g/mol. The highest BCUT2D eigenvalue weighted by Crippen LogP contribution is 2.22. The molecule has 0 amide bonds. The van der Waals surface area contributed by atoms with Gasteiger partial charge < -0.3 is 10.3 Å². The largest absolute Gasteiger partial charge is 0.369 e. The number of rotatable bonds is 3. The number of nitrogens with two attached hydrogens (primary N) is 1. The Bertz CT molecular complexity index is 749. The molecule has 1 aromatic carbocycles. The molecule has 0 radical (unpaired) electrons. The van der Waals surface area contributed by atoms with E-state index in [1.165, 1.54) is 11.3 Å². The van der Waals surface area contributed by atoms with Crippen molar-refractivity contribution in [2.75, 3.05) is 5.73 Å². The van der Waals surface area contributed by atoms with Crippen LogP contribution >= 0.6 is 22.9 Å². The summed E-state index contributed by atoms with van der Waals surface area (Å²) in [5.74, 6) is 0.345. The second-order valence-corrected chi connectivity index (χ2v) is 5.47. The third-order valence-corrected chi connectivity index (χ3v) is 3.98. The smallest absolute Gasteiger partial charge is 0.201 e. The molecule has 2 heterocycles. The summed E-state index contributed by atoms with van der Waals surface area (Å²) >= 11 is 7.33. The van der Waals surface area contributed by atoms with Crippen molar-refractivity contribution < 1.29 is 4.79 Å². The quantitative estimate of drug-likeness (QED) is 0.754. The summed E-state index contributed by atoms with van der Waals surface area (Å²) in [7, 11) is 0. The second-order valence-electron chi connectivity index (χ2n) is 4.09. The Hall–Kier alpha value is -1.85. The summed E-state index contributed by atoms with van der Waals surface area (Å²) in [4.78, 5) is 17.0. The lowest BCUT2D eigenvalue weighted by molar-refractivity contribution is 0.0978. The molecule has 96 valence electrons. The molecule has 0 atom stereocenters. The highest BCUT2D eigenvalue weighted by atomic mass is 35.5. The minimum Gasteiger partial charge on any atom is -0.369 e. The van der Waals surface area contributed by atoms with E-state index in [0.717, 1.165) is 10.4 Å². The van der Waals surface area contributed by atoms with Crippen LogP contribution in [0.2, 0.25) is 5.02 Å². The third kappa shape index (κ3) is 2.22. The normalized spacial score (nSPS) is 11.0. The SMILES string of the molecule is Nc1nc2cc(Cl)ccc2n1CC(=O)c1cccs1. The summed E-state index contributed by atoms with van der Waals surface area (Å²) in [6, 6.07) is 8.98. The Morgan fingerprint density at radius 3 is 3.00 bits per heavy atom. The lowest BCUT2D eigenvalue weighted by Crippen LogP contribution is -2.11. The van der Waals surface area contributed by atoms with Crippen LogP contribution in [0, 0.1) is 0 Å².